The fraction of sp³-hybridized carbons (Fsp3) is 0.917. The largest absolute Gasteiger partial charge is 0.391 e. The van der Waals surface area contributed by atoms with Crippen molar-refractivity contribution in [1.82, 2.24) is 4.90 Å². The standard InChI is InChI=1S/C12H20F3NO/c1-2-11(17)4-3-7-16-8-5-10(6-9-16)12(13,14)15/h10H,2-9H2,1H3. The first kappa shape index (κ1) is 14.5. The number of piperidine rings is 1. The number of halogens is 3. The fourth-order valence-corrected chi connectivity index (χ4v) is 2.16. The second kappa shape index (κ2) is 6.38. The Hall–Kier alpha value is -0.580. The number of rotatable bonds is 5. The summed E-state index contributed by atoms with van der Waals surface area (Å²) in [5.74, 6) is -0.897. The second-order valence-corrected chi connectivity index (χ2v) is 4.65. The second-order valence-electron chi connectivity index (χ2n) is 4.65. The number of likely N-dealkylation sites (tertiary alicyclic amines) is 1. The highest BCUT2D eigenvalue weighted by molar-refractivity contribution is 5.77. The molecule has 2 nitrogen and oxygen atoms in total. The maximum Gasteiger partial charge on any atom is 0.391 e. The molecule has 0 N–H and O–H groups in total. The Kier molecular flexibility index (Phi) is 5.43. The van der Waals surface area contributed by atoms with Gasteiger partial charge in [0, 0.05) is 12.8 Å². The van der Waals surface area contributed by atoms with E-state index >= 15 is 0 Å². The van der Waals surface area contributed by atoms with Crippen LogP contribution in [0.2, 0.25) is 0 Å². The monoisotopic (exact) mass is 251 g/mol. The molecule has 0 aromatic heterocycles. The maximum atomic E-state index is 12.4. The van der Waals surface area contributed by atoms with Crippen LogP contribution in [-0.2, 0) is 4.79 Å². The van der Waals surface area contributed by atoms with Gasteiger partial charge in [-0.1, -0.05) is 6.92 Å². The molecular weight excluding hydrogens is 231 g/mol. The van der Waals surface area contributed by atoms with Gasteiger partial charge in [-0.2, -0.15) is 13.2 Å². The highest BCUT2D eigenvalue weighted by Crippen LogP contribution is 2.34. The van der Waals surface area contributed by atoms with Crippen LogP contribution in [0.4, 0.5) is 13.2 Å². The average Bonchev–Trinajstić information content (AvgIpc) is 2.28. The van der Waals surface area contributed by atoms with E-state index in [9.17, 15) is 18.0 Å². The molecule has 0 amide bonds. The van der Waals surface area contributed by atoms with Crippen molar-refractivity contribution in [3.8, 4) is 0 Å². The molecule has 1 fully saturated rings. The lowest BCUT2D eigenvalue weighted by Crippen LogP contribution is -2.39. The molecule has 0 aromatic carbocycles. The molecule has 0 radical (unpaired) electrons. The van der Waals surface area contributed by atoms with Crippen LogP contribution in [-0.4, -0.2) is 36.5 Å². The predicted molar refractivity (Wildman–Crippen MR) is 59.8 cm³/mol. The van der Waals surface area contributed by atoms with Gasteiger partial charge >= 0.3 is 6.18 Å². The topological polar surface area (TPSA) is 20.3 Å². The van der Waals surface area contributed by atoms with E-state index in [1.54, 1.807) is 0 Å². The number of carbonyl (C=O) groups excluding carboxylic acids is 1. The molecule has 0 aromatic rings. The Morgan fingerprint density at radius 3 is 2.35 bits per heavy atom. The summed E-state index contributed by atoms with van der Waals surface area (Å²) in [5, 5.41) is 0. The van der Waals surface area contributed by atoms with Crippen molar-refractivity contribution in [2.24, 2.45) is 5.92 Å². The van der Waals surface area contributed by atoms with Gasteiger partial charge in [0.25, 0.3) is 0 Å². The maximum absolute atomic E-state index is 12.4. The Balaban J connectivity index is 2.17. The molecule has 0 spiro atoms. The van der Waals surface area contributed by atoms with Crippen LogP contribution < -0.4 is 0 Å². The molecule has 100 valence electrons. The molecule has 0 unspecified atom stereocenters. The molecule has 0 aliphatic carbocycles. The van der Waals surface area contributed by atoms with Gasteiger partial charge in [-0.15, -0.1) is 0 Å². The number of ketones is 1. The molecule has 0 atom stereocenters. The number of hydrogen-bond donors (Lipinski definition) is 0. The smallest absolute Gasteiger partial charge is 0.303 e. The van der Waals surface area contributed by atoms with Crippen molar-refractivity contribution in [3.05, 3.63) is 0 Å². The number of alkyl halides is 3. The van der Waals surface area contributed by atoms with Crippen molar-refractivity contribution in [2.75, 3.05) is 19.6 Å². The highest BCUT2D eigenvalue weighted by Gasteiger charge is 2.40. The summed E-state index contributed by atoms with van der Waals surface area (Å²) in [6.45, 7) is 3.59. The minimum Gasteiger partial charge on any atom is -0.303 e. The van der Waals surface area contributed by atoms with E-state index in [1.807, 2.05) is 11.8 Å². The molecule has 1 aliphatic rings. The Labute approximate surface area is 100 Å². The fourth-order valence-electron chi connectivity index (χ4n) is 2.16. The third-order valence-electron chi connectivity index (χ3n) is 3.37. The minimum atomic E-state index is -4.04. The molecule has 5 heteroatoms. The summed E-state index contributed by atoms with van der Waals surface area (Å²) in [5.41, 5.74) is 0. The van der Waals surface area contributed by atoms with E-state index in [4.69, 9.17) is 0 Å². The lowest BCUT2D eigenvalue weighted by atomic mass is 9.96. The average molecular weight is 251 g/mol. The summed E-state index contributed by atoms with van der Waals surface area (Å²) < 4.78 is 37.2. The van der Waals surface area contributed by atoms with Crippen LogP contribution in [0.15, 0.2) is 0 Å². The van der Waals surface area contributed by atoms with Gasteiger partial charge in [-0.25, -0.2) is 0 Å². The van der Waals surface area contributed by atoms with Crippen molar-refractivity contribution in [2.45, 2.75) is 45.2 Å². The lowest BCUT2D eigenvalue weighted by Gasteiger charge is -2.32. The molecule has 1 saturated heterocycles. The van der Waals surface area contributed by atoms with Crippen LogP contribution in [0.3, 0.4) is 0 Å². The summed E-state index contributed by atoms with van der Waals surface area (Å²) >= 11 is 0. The molecule has 17 heavy (non-hydrogen) atoms. The van der Waals surface area contributed by atoms with E-state index in [0.29, 0.717) is 25.9 Å². The summed E-state index contributed by atoms with van der Waals surface area (Å²) in [7, 11) is 0. The quantitative estimate of drug-likeness (QED) is 0.748. The molecular formula is C12H20F3NO. The van der Waals surface area contributed by atoms with Gasteiger partial charge in [0.2, 0.25) is 0 Å². The SMILES string of the molecule is CCC(=O)CCCN1CCC(C(F)(F)F)CC1. The number of nitrogens with zero attached hydrogens (tertiary/aromatic N) is 1. The predicted octanol–water partition coefficient (Wildman–Crippen LogP) is 3.02. The van der Waals surface area contributed by atoms with E-state index in [-0.39, 0.29) is 18.6 Å². The van der Waals surface area contributed by atoms with Crippen molar-refractivity contribution < 1.29 is 18.0 Å². The summed E-state index contributed by atoms with van der Waals surface area (Å²) in [6, 6.07) is 0. The zero-order valence-electron chi connectivity index (χ0n) is 10.2. The first-order valence-electron chi connectivity index (χ1n) is 6.24. The van der Waals surface area contributed by atoms with Crippen molar-refractivity contribution in [1.29, 1.82) is 0 Å². The van der Waals surface area contributed by atoms with Crippen molar-refractivity contribution in [3.63, 3.8) is 0 Å². The van der Waals surface area contributed by atoms with E-state index in [2.05, 4.69) is 0 Å². The summed E-state index contributed by atoms with van der Waals surface area (Å²) in [6.07, 6.45) is -1.77. The summed E-state index contributed by atoms with van der Waals surface area (Å²) in [4.78, 5) is 13.1. The normalized spacial score (nSPS) is 19.5. The van der Waals surface area contributed by atoms with Gasteiger partial charge < -0.3 is 4.90 Å². The molecule has 0 bridgehead atoms. The first-order valence-corrected chi connectivity index (χ1v) is 6.24. The van der Waals surface area contributed by atoms with E-state index < -0.39 is 12.1 Å². The van der Waals surface area contributed by atoms with Gasteiger partial charge in [-0.3, -0.25) is 4.79 Å². The van der Waals surface area contributed by atoms with E-state index in [1.165, 1.54) is 0 Å². The Morgan fingerprint density at radius 2 is 1.88 bits per heavy atom. The van der Waals surface area contributed by atoms with Crippen LogP contribution in [0, 0.1) is 5.92 Å². The van der Waals surface area contributed by atoms with Gasteiger partial charge in [0.1, 0.15) is 5.78 Å². The third kappa shape index (κ3) is 5.06. The van der Waals surface area contributed by atoms with Crippen LogP contribution >= 0.6 is 0 Å². The first-order chi connectivity index (χ1) is 7.93. The third-order valence-corrected chi connectivity index (χ3v) is 3.37. The minimum absolute atomic E-state index is 0.200. The Morgan fingerprint density at radius 1 is 1.29 bits per heavy atom. The van der Waals surface area contributed by atoms with Crippen LogP contribution in [0.5, 0.6) is 0 Å². The zero-order valence-corrected chi connectivity index (χ0v) is 10.2. The highest BCUT2D eigenvalue weighted by atomic mass is 19.4. The van der Waals surface area contributed by atoms with Crippen molar-refractivity contribution >= 4 is 5.78 Å². The Bertz CT molecular complexity index is 245. The van der Waals surface area contributed by atoms with Crippen LogP contribution in [0.25, 0.3) is 0 Å². The van der Waals surface area contributed by atoms with Crippen LogP contribution in [0.1, 0.15) is 39.0 Å². The molecule has 1 heterocycles. The number of carbonyl (C=O) groups is 1. The molecule has 0 saturated carbocycles. The number of hydrogen-bond acceptors (Lipinski definition) is 2. The lowest BCUT2D eigenvalue weighted by molar-refractivity contribution is -0.185. The van der Waals surface area contributed by atoms with Gasteiger partial charge in [0.05, 0.1) is 5.92 Å². The zero-order chi connectivity index (χ0) is 12.9. The van der Waals surface area contributed by atoms with Gasteiger partial charge in [-0.05, 0) is 38.9 Å². The molecule has 1 rings (SSSR count). The molecule has 1 aliphatic heterocycles. The van der Waals surface area contributed by atoms with E-state index in [0.717, 1.165) is 13.0 Å². The van der Waals surface area contributed by atoms with Gasteiger partial charge in [0.15, 0.2) is 0 Å². The number of Topliss-reactive ketones (excluding diaryl/α,β-unsaturated/α-hetero) is 1.